The molecule has 4 nitrogen and oxygen atoms in total. The van der Waals surface area contributed by atoms with Gasteiger partial charge in [0.25, 0.3) is 5.91 Å². The summed E-state index contributed by atoms with van der Waals surface area (Å²) in [6.45, 7) is 0.762. The second-order valence-corrected chi connectivity index (χ2v) is 7.40. The minimum Gasteiger partial charge on any atom is -0.467 e. The van der Waals surface area contributed by atoms with Crippen LogP contribution in [-0.2, 0) is 17.8 Å². The summed E-state index contributed by atoms with van der Waals surface area (Å²) in [5.74, 6) is -0.305. The topological polar surface area (TPSA) is 47.6 Å². The zero-order chi connectivity index (χ0) is 19.5. The normalized spacial score (nSPS) is 12.9. The first-order chi connectivity index (χ1) is 13.6. The molecule has 1 amide bonds. The van der Waals surface area contributed by atoms with E-state index >= 15 is 0 Å². The van der Waals surface area contributed by atoms with Gasteiger partial charge in [-0.25, -0.2) is 8.78 Å². The molecule has 144 valence electrons. The van der Waals surface area contributed by atoms with Gasteiger partial charge in [0.15, 0.2) is 6.79 Å². The van der Waals surface area contributed by atoms with Gasteiger partial charge in [-0.15, -0.1) is 11.3 Å². The highest BCUT2D eigenvalue weighted by atomic mass is 32.1. The van der Waals surface area contributed by atoms with Gasteiger partial charge < -0.3 is 14.8 Å². The number of carbonyl (C=O) groups excluding carboxylic acids is 1. The predicted molar refractivity (Wildman–Crippen MR) is 102 cm³/mol. The Morgan fingerprint density at radius 3 is 2.86 bits per heavy atom. The number of benzene rings is 2. The van der Waals surface area contributed by atoms with Crippen molar-refractivity contribution in [3.05, 3.63) is 76.2 Å². The van der Waals surface area contributed by atoms with Crippen LogP contribution in [0.3, 0.4) is 0 Å². The molecule has 2 heterocycles. The number of rotatable bonds is 5. The summed E-state index contributed by atoms with van der Waals surface area (Å²) in [4.78, 5) is 13.6. The van der Waals surface area contributed by atoms with Gasteiger partial charge in [-0.3, -0.25) is 4.79 Å². The molecule has 1 aromatic heterocycles. The van der Waals surface area contributed by atoms with E-state index in [0.717, 1.165) is 0 Å². The van der Waals surface area contributed by atoms with Crippen LogP contribution in [0, 0.1) is 11.6 Å². The summed E-state index contributed by atoms with van der Waals surface area (Å²) in [5, 5.41) is 2.82. The van der Waals surface area contributed by atoms with Gasteiger partial charge in [0.2, 0.25) is 0 Å². The van der Waals surface area contributed by atoms with Crippen LogP contribution >= 0.6 is 11.3 Å². The molecule has 1 aliphatic rings. The molecule has 0 bridgehead atoms. The number of hydrogen-bond acceptors (Lipinski definition) is 4. The molecular formula is C21H17F2NO3S. The lowest BCUT2D eigenvalue weighted by molar-refractivity contribution is -0.0172. The van der Waals surface area contributed by atoms with Crippen LogP contribution in [0.2, 0.25) is 0 Å². The smallest absolute Gasteiger partial charge is 0.261 e. The molecule has 1 N–H and O–H groups in total. The molecule has 0 aliphatic carbocycles. The highest BCUT2D eigenvalue weighted by Crippen LogP contribution is 2.31. The van der Waals surface area contributed by atoms with Crippen LogP contribution in [0.25, 0.3) is 10.4 Å². The number of nitrogens with one attached hydrogen (secondary N) is 1. The number of fused-ring (bicyclic) bond motifs is 1. The van der Waals surface area contributed by atoms with Gasteiger partial charge in [-0.2, -0.15) is 0 Å². The molecule has 0 saturated heterocycles. The van der Waals surface area contributed by atoms with Crippen molar-refractivity contribution in [1.82, 2.24) is 5.32 Å². The largest absolute Gasteiger partial charge is 0.467 e. The number of hydrogen-bond donors (Lipinski definition) is 1. The molecule has 7 heteroatoms. The van der Waals surface area contributed by atoms with Crippen molar-refractivity contribution in [3.63, 3.8) is 0 Å². The molecule has 0 fully saturated rings. The second-order valence-electron chi connectivity index (χ2n) is 6.31. The Balaban J connectivity index is 1.41. The quantitative estimate of drug-likeness (QED) is 0.683. The molecule has 0 atom stereocenters. The summed E-state index contributed by atoms with van der Waals surface area (Å²) < 4.78 is 38.3. The van der Waals surface area contributed by atoms with Gasteiger partial charge in [0, 0.05) is 22.5 Å². The molecule has 0 spiro atoms. The van der Waals surface area contributed by atoms with E-state index in [0.29, 0.717) is 51.8 Å². The van der Waals surface area contributed by atoms with Gasteiger partial charge in [-0.05, 0) is 42.3 Å². The van der Waals surface area contributed by atoms with E-state index in [2.05, 4.69) is 5.32 Å². The van der Waals surface area contributed by atoms with Crippen LogP contribution in [0.5, 0.6) is 5.75 Å². The van der Waals surface area contributed by atoms with Crippen molar-refractivity contribution in [1.29, 1.82) is 0 Å². The van der Waals surface area contributed by atoms with Crippen molar-refractivity contribution in [2.45, 2.75) is 13.0 Å². The van der Waals surface area contributed by atoms with Gasteiger partial charge in [-0.1, -0.05) is 18.2 Å². The Morgan fingerprint density at radius 1 is 1.14 bits per heavy atom. The molecule has 0 radical (unpaired) electrons. The Morgan fingerprint density at radius 2 is 2.00 bits per heavy atom. The molecule has 0 saturated carbocycles. The SMILES string of the molecule is O=C(NCCc1cc(F)cc2c1OCOC2)c1ccc(-c2ccccc2F)s1. The third-order valence-corrected chi connectivity index (χ3v) is 5.52. The highest BCUT2D eigenvalue weighted by Gasteiger charge is 2.17. The fourth-order valence-electron chi connectivity index (χ4n) is 3.11. The number of halogens is 2. The highest BCUT2D eigenvalue weighted by molar-refractivity contribution is 7.17. The second kappa shape index (κ2) is 8.08. The Bertz CT molecular complexity index is 1020. The van der Waals surface area contributed by atoms with Crippen LogP contribution in [0.1, 0.15) is 20.8 Å². The first-order valence-electron chi connectivity index (χ1n) is 8.76. The molecule has 28 heavy (non-hydrogen) atoms. The van der Waals surface area contributed by atoms with Crippen LogP contribution in [0.15, 0.2) is 48.5 Å². The summed E-state index contributed by atoms with van der Waals surface area (Å²) in [6, 6.07) is 12.7. The predicted octanol–water partition coefficient (Wildman–Crippen LogP) is 4.53. The number of carbonyl (C=O) groups is 1. The lowest BCUT2D eigenvalue weighted by Gasteiger charge is -2.20. The van der Waals surface area contributed by atoms with Crippen molar-refractivity contribution in [2.75, 3.05) is 13.3 Å². The van der Waals surface area contributed by atoms with Crippen LogP contribution < -0.4 is 10.1 Å². The molecule has 0 unspecified atom stereocenters. The molecule has 4 rings (SSSR count). The van der Waals surface area contributed by atoms with Crippen LogP contribution in [-0.4, -0.2) is 19.2 Å². The van der Waals surface area contributed by atoms with Gasteiger partial charge >= 0.3 is 0 Å². The lowest BCUT2D eigenvalue weighted by Crippen LogP contribution is -2.25. The zero-order valence-electron chi connectivity index (χ0n) is 14.8. The van der Waals surface area contributed by atoms with Crippen LogP contribution in [0.4, 0.5) is 8.78 Å². The van der Waals surface area contributed by atoms with Crippen molar-refractivity contribution in [2.24, 2.45) is 0 Å². The average molecular weight is 401 g/mol. The first kappa shape index (κ1) is 18.6. The summed E-state index contributed by atoms with van der Waals surface area (Å²) in [5.41, 5.74) is 1.83. The maximum Gasteiger partial charge on any atom is 0.261 e. The third-order valence-electron chi connectivity index (χ3n) is 4.40. The average Bonchev–Trinajstić information content (AvgIpc) is 3.18. The summed E-state index contributed by atoms with van der Waals surface area (Å²) >= 11 is 1.23. The molecule has 2 aromatic carbocycles. The Hall–Kier alpha value is -2.77. The van der Waals surface area contributed by atoms with Crippen molar-refractivity contribution < 1.29 is 23.0 Å². The number of thiophene rings is 1. The van der Waals surface area contributed by atoms with E-state index in [1.54, 1.807) is 30.3 Å². The monoisotopic (exact) mass is 401 g/mol. The number of amides is 1. The Kier molecular flexibility index (Phi) is 5.36. The van der Waals surface area contributed by atoms with E-state index in [1.165, 1.54) is 29.5 Å². The molecular weight excluding hydrogens is 384 g/mol. The van der Waals surface area contributed by atoms with E-state index in [9.17, 15) is 13.6 Å². The zero-order valence-corrected chi connectivity index (χ0v) is 15.7. The maximum absolute atomic E-state index is 13.9. The van der Waals surface area contributed by atoms with E-state index in [1.807, 2.05) is 0 Å². The maximum atomic E-state index is 13.9. The molecule has 1 aliphatic heterocycles. The summed E-state index contributed by atoms with van der Waals surface area (Å²) in [7, 11) is 0. The lowest BCUT2D eigenvalue weighted by atomic mass is 10.1. The van der Waals surface area contributed by atoms with Crippen molar-refractivity contribution >= 4 is 17.2 Å². The van der Waals surface area contributed by atoms with E-state index < -0.39 is 0 Å². The minimum atomic E-state index is -0.359. The standard InChI is InChI=1S/C21H17F2NO3S/c22-15-9-13(20-14(10-15)11-26-12-27-20)7-8-24-21(25)19-6-5-18(28-19)16-3-1-2-4-17(16)23/h1-6,9-10H,7-8,11-12H2,(H,24,25). The van der Waals surface area contributed by atoms with Gasteiger partial charge in [0.1, 0.15) is 17.4 Å². The third kappa shape index (κ3) is 3.90. The van der Waals surface area contributed by atoms with Gasteiger partial charge in [0.05, 0.1) is 11.5 Å². The summed E-state index contributed by atoms with van der Waals surface area (Å²) in [6.07, 6.45) is 0.428. The van der Waals surface area contributed by atoms with E-state index in [4.69, 9.17) is 9.47 Å². The Labute approximate surface area is 164 Å². The van der Waals surface area contributed by atoms with Crippen molar-refractivity contribution in [3.8, 4) is 16.2 Å². The van der Waals surface area contributed by atoms with E-state index in [-0.39, 0.29) is 24.3 Å². The fraction of sp³-hybridized carbons (Fsp3) is 0.190. The first-order valence-corrected chi connectivity index (χ1v) is 9.58. The fourth-order valence-corrected chi connectivity index (χ4v) is 4.06. The molecule has 3 aromatic rings. The number of ether oxygens (including phenoxy) is 2. The minimum absolute atomic E-state index is 0.131.